The number of hydrogen-bond acceptors (Lipinski definition) is 4. The molecule has 3 rings (SSSR count). The van der Waals surface area contributed by atoms with Gasteiger partial charge in [-0.15, -0.1) is 0 Å². The van der Waals surface area contributed by atoms with Crippen LogP contribution in [0.15, 0.2) is 60.8 Å². The summed E-state index contributed by atoms with van der Waals surface area (Å²) in [6, 6.07) is 12.6. The van der Waals surface area contributed by atoms with Crippen LogP contribution in [0.3, 0.4) is 0 Å². The van der Waals surface area contributed by atoms with Gasteiger partial charge in [-0.3, -0.25) is 19.9 Å². The number of nitrogens with one attached hydrogen (secondary N) is 1. The van der Waals surface area contributed by atoms with E-state index in [0.717, 1.165) is 0 Å². The Kier molecular flexibility index (Phi) is 4.90. The van der Waals surface area contributed by atoms with Gasteiger partial charge in [-0.1, -0.05) is 17.7 Å². The second-order valence-electron chi connectivity index (χ2n) is 5.29. The summed E-state index contributed by atoms with van der Waals surface area (Å²) in [4.78, 5) is 26.4. The second-order valence-corrected chi connectivity index (χ2v) is 5.69. The molecule has 130 valence electrons. The van der Waals surface area contributed by atoms with Gasteiger partial charge in [-0.25, -0.2) is 4.39 Å². The maximum atomic E-state index is 14.4. The summed E-state index contributed by atoms with van der Waals surface area (Å²) in [5, 5.41) is 13.5. The predicted molar refractivity (Wildman–Crippen MR) is 95.7 cm³/mol. The number of nitro benzene ring substituents is 1. The van der Waals surface area contributed by atoms with Crippen LogP contribution in [-0.2, 0) is 0 Å². The quantitative estimate of drug-likeness (QED) is 0.532. The zero-order valence-electron chi connectivity index (χ0n) is 13.1. The first-order chi connectivity index (χ1) is 12.5. The average molecular weight is 372 g/mol. The number of hydrogen-bond donors (Lipinski definition) is 1. The third-order valence-electron chi connectivity index (χ3n) is 3.58. The largest absolute Gasteiger partial charge is 0.322 e. The molecule has 0 spiro atoms. The molecule has 3 aromatic rings. The van der Waals surface area contributed by atoms with Gasteiger partial charge < -0.3 is 5.32 Å². The van der Waals surface area contributed by atoms with Gasteiger partial charge in [-0.2, -0.15) is 0 Å². The van der Waals surface area contributed by atoms with Crippen molar-refractivity contribution in [3.8, 4) is 11.3 Å². The molecule has 0 bridgehead atoms. The van der Waals surface area contributed by atoms with Crippen LogP contribution in [-0.4, -0.2) is 15.8 Å². The van der Waals surface area contributed by atoms with E-state index in [2.05, 4.69) is 10.3 Å². The summed E-state index contributed by atoms with van der Waals surface area (Å²) in [5.74, 6) is -1.40. The van der Waals surface area contributed by atoms with Crippen molar-refractivity contribution in [1.82, 2.24) is 4.98 Å². The molecule has 6 nitrogen and oxygen atoms in total. The lowest BCUT2D eigenvalue weighted by Gasteiger charge is -2.08. The van der Waals surface area contributed by atoms with Crippen molar-refractivity contribution in [2.75, 3.05) is 5.32 Å². The van der Waals surface area contributed by atoms with Crippen LogP contribution in [0.5, 0.6) is 0 Å². The van der Waals surface area contributed by atoms with Crippen LogP contribution in [0.2, 0.25) is 5.02 Å². The first-order valence-electron chi connectivity index (χ1n) is 7.42. The number of aromatic nitrogens is 1. The summed E-state index contributed by atoms with van der Waals surface area (Å²) in [7, 11) is 0. The number of non-ortho nitro benzene ring substituents is 1. The van der Waals surface area contributed by atoms with Gasteiger partial charge in [-0.05, 0) is 36.4 Å². The Hall–Kier alpha value is -3.32. The fourth-order valence-corrected chi connectivity index (χ4v) is 2.54. The summed E-state index contributed by atoms with van der Waals surface area (Å²) in [5.41, 5.74) is 0.900. The van der Waals surface area contributed by atoms with E-state index >= 15 is 0 Å². The Labute approximate surface area is 152 Å². The normalized spacial score (nSPS) is 10.4. The van der Waals surface area contributed by atoms with Gasteiger partial charge in [0.25, 0.3) is 11.6 Å². The third kappa shape index (κ3) is 3.68. The average Bonchev–Trinajstić information content (AvgIpc) is 2.62. The molecular weight excluding hydrogens is 361 g/mol. The van der Waals surface area contributed by atoms with E-state index in [4.69, 9.17) is 11.6 Å². The standard InChI is InChI=1S/C18H11ClFN3O3/c19-15-2-1-9-21-17(15)11-3-8-14(16(20)10-11)18(24)22-12-4-6-13(7-5-12)23(25)26/h1-10H,(H,22,24). The van der Waals surface area contributed by atoms with Crippen molar-refractivity contribution in [3.63, 3.8) is 0 Å². The molecule has 2 aromatic carbocycles. The zero-order chi connectivity index (χ0) is 18.7. The lowest BCUT2D eigenvalue weighted by molar-refractivity contribution is -0.384. The lowest BCUT2D eigenvalue weighted by Crippen LogP contribution is -2.13. The number of amides is 1. The Bertz CT molecular complexity index is 993. The van der Waals surface area contributed by atoms with Crippen LogP contribution in [0.25, 0.3) is 11.3 Å². The fraction of sp³-hybridized carbons (Fsp3) is 0. The topological polar surface area (TPSA) is 85.1 Å². The van der Waals surface area contributed by atoms with Gasteiger partial charge in [0.1, 0.15) is 5.82 Å². The van der Waals surface area contributed by atoms with E-state index in [-0.39, 0.29) is 11.3 Å². The highest BCUT2D eigenvalue weighted by atomic mass is 35.5. The Morgan fingerprint density at radius 3 is 2.50 bits per heavy atom. The lowest BCUT2D eigenvalue weighted by atomic mass is 10.1. The predicted octanol–water partition coefficient (Wildman–Crippen LogP) is 4.70. The molecule has 1 N–H and O–H groups in total. The monoisotopic (exact) mass is 371 g/mol. The van der Waals surface area contributed by atoms with E-state index in [9.17, 15) is 19.3 Å². The number of halogens is 2. The van der Waals surface area contributed by atoms with E-state index in [1.54, 1.807) is 18.2 Å². The summed E-state index contributed by atoms with van der Waals surface area (Å²) >= 11 is 6.04. The number of carbonyl (C=O) groups excluding carboxylic acids is 1. The smallest absolute Gasteiger partial charge is 0.269 e. The highest BCUT2D eigenvalue weighted by Crippen LogP contribution is 2.27. The molecule has 0 saturated heterocycles. The number of carbonyl (C=O) groups is 1. The number of anilines is 1. The number of pyridine rings is 1. The van der Waals surface area contributed by atoms with Crippen molar-refractivity contribution >= 4 is 28.9 Å². The zero-order valence-corrected chi connectivity index (χ0v) is 13.9. The molecule has 1 heterocycles. The molecule has 8 heteroatoms. The Balaban J connectivity index is 1.82. The maximum Gasteiger partial charge on any atom is 0.269 e. The van der Waals surface area contributed by atoms with Crippen LogP contribution in [0, 0.1) is 15.9 Å². The molecule has 0 saturated carbocycles. The van der Waals surface area contributed by atoms with Crippen LogP contribution in [0.1, 0.15) is 10.4 Å². The summed E-state index contributed by atoms with van der Waals surface area (Å²) in [6.45, 7) is 0. The summed E-state index contributed by atoms with van der Waals surface area (Å²) < 4.78 is 14.4. The minimum absolute atomic E-state index is 0.106. The number of rotatable bonds is 4. The van der Waals surface area contributed by atoms with Gasteiger partial charge in [0, 0.05) is 29.6 Å². The molecule has 0 radical (unpaired) electrons. The van der Waals surface area contributed by atoms with Crippen LogP contribution < -0.4 is 5.32 Å². The third-order valence-corrected chi connectivity index (χ3v) is 3.89. The van der Waals surface area contributed by atoms with Crippen molar-refractivity contribution < 1.29 is 14.1 Å². The first kappa shape index (κ1) is 17.5. The molecule has 0 aliphatic heterocycles. The molecule has 26 heavy (non-hydrogen) atoms. The van der Waals surface area contributed by atoms with Crippen LogP contribution in [0.4, 0.5) is 15.8 Å². The van der Waals surface area contributed by atoms with E-state index in [1.807, 2.05) is 0 Å². The number of nitro groups is 1. The van der Waals surface area contributed by atoms with Gasteiger partial charge >= 0.3 is 0 Å². The van der Waals surface area contributed by atoms with Gasteiger partial charge in [0.15, 0.2) is 0 Å². The SMILES string of the molecule is O=C(Nc1ccc([N+](=O)[O-])cc1)c1ccc(-c2ncccc2Cl)cc1F. The minimum atomic E-state index is -0.733. The molecule has 1 aromatic heterocycles. The van der Waals surface area contributed by atoms with Crippen molar-refractivity contribution in [1.29, 1.82) is 0 Å². The Morgan fingerprint density at radius 1 is 1.15 bits per heavy atom. The number of nitrogens with zero attached hydrogens (tertiary/aromatic N) is 2. The second kappa shape index (κ2) is 7.28. The molecule has 0 aliphatic rings. The van der Waals surface area contributed by atoms with Crippen molar-refractivity contribution in [2.24, 2.45) is 0 Å². The molecule has 0 unspecified atom stereocenters. The fourth-order valence-electron chi connectivity index (χ4n) is 2.31. The highest BCUT2D eigenvalue weighted by Gasteiger charge is 2.15. The van der Waals surface area contributed by atoms with E-state index in [0.29, 0.717) is 22.0 Å². The van der Waals surface area contributed by atoms with Gasteiger partial charge in [0.2, 0.25) is 0 Å². The van der Waals surface area contributed by atoms with Crippen molar-refractivity contribution in [3.05, 3.63) is 87.3 Å². The summed E-state index contributed by atoms with van der Waals surface area (Å²) in [6.07, 6.45) is 1.54. The van der Waals surface area contributed by atoms with Crippen LogP contribution >= 0.6 is 11.6 Å². The van der Waals surface area contributed by atoms with Gasteiger partial charge in [0.05, 0.1) is 21.2 Å². The first-order valence-corrected chi connectivity index (χ1v) is 7.80. The molecule has 0 aliphatic carbocycles. The highest BCUT2D eigenvalue weighted by molar-refractivity contribution is 6.33. The molecular formula is C18H11ClFN3O3. The molecule has 1 amide bonds. The molecule has 0 atom stereocenters. The number of benzene rings is 2. The van der Waals surface area contributed by atoms with E-state index < -0.39 is 16.6 Å². The van der Waals surface area contributed by atoms with E-state index in [1.165, 1.54) is 42.6 Å². The minimum Gasteiger partial charge on any atom is -0.322 e. The maximum absolute atomic E-state index is 14.4. The molecule has 0 fully saturated rings. The Morgan fingerprint density at radius 2 is 1.88 bits per heavy atom. The van der Waals surface area contributed by atoms with Crippen molar-refractivity contribution in [2.45, 2.75) is 0 Å².